The van der Waals surface area contributed by atoms with Crippen molar-refractivity contribution in [1.82, 2.24) is 4.90 Å². The molecule has 0 spiro atoms. The first-order valence-electron chi connectivity index (χ1n) is 9.62. The summed E-state index contributed by atoms with van der Waals surface area (Å²) in [6, 6.07) is 0.0304. The standard InChI is InChI=1S/C22H28N2O5/c1-16-13-19(24(2)3)21(22(25)28-16)29-17-9-5-4-6-11-18-20(27-15-23-18)14-26-12-8-7-10-17/h4-12,14,16,19,21-22,25H,13,15H2,1-3H3/b5-4-,10-7-,11-6-,12-8+,17-9+,20-14+/t16-,19+,21-,22?/m1/s1. The van der Waals surface area contributed by atoms with Crippen molar-refractivity contribution in [2.24, 2.45) is 4.99 Å². The van der Waals surface area contributed by atoms with Crippen LogP contribution in [0.1, 0.15) is 13.3 Å². The highest BCUT2D eigenvalue weighted by Gasteiger charge is 2.39. The topological polar surface area (TPSA) is 72.8 Å². The Kier molecular flexibility index (Phi) is 7.46. The molecule has 0 aliphatic carbocycles. The number of fused-ring (bicyclic) bond motifs is 1. The van der Waals surface area contributed by atoms with Crippen LogP contribution >= 0.6 is 0 Å². The van der Waals surface area contributed by atoms with E-state index >= 15 is 0 Å². The number of nitrogens with zero attached hydrogens (tertiary/aromatic N) is 2. The van der Waals surface area contributed by atoms with Crippen LogP contribution in [-0.2, 0) is 18.9 Å². The molecule has 3 rings (SSSR count). The number of hydrogen-bond acceptors (Lipinski definition) is 7. The quantitative estimate of drug-likeness (QED) is 0.785. The van der Waals surface area contributed by atoms with Gasteiger partial charge in [0.05, 0.1) is 18.4 Å². The number of aliphatic imine (C=N–C) groups is 1. The molecule has 1 fully saturated rings. The summed E-state index contributed by atoms with van der Waals surface area (Å²) < 4.78 is 22.5. The molecular weight excluding hydrogens is 372 g/mol. The van der Waals surface area contributed by atoms with Gasteiger partial charge in [-0.1, -0.05) is 24.3 Å². The third-order valence-electron chi connectivity index (χ3n) is 4.69. The van der Waals surface area contributed by atoms with Gasteiger partial charge < -0.3 is 29.0 Å². The Morgan fingerprint density at radius 1 is 1.14 bits per heavy atom. The highest BCUT2D eigenvalue weighted by molar-refractivity contribution is 6.07. The fourth-order valence-electron chi connectivity index (χ4n) is 3.22. The number of aliphatic hydroxyl groups is 1. The molecule has 0 saturated carbocycles. The van der Waals surface area contributed by atoms with Gasteiger partial charge in [0, 0.05) is 0 Å². The van der Waals surface area contributed by atoms with Gasteiger partial charge in [0.2, 0.25) is 0 Å². The Balaban J connectivity index is 1.78. The van der Waals surface area contributed by atoms with Crippen LogP contribution in [0.15, 0.2) is 77.6 Å². The van der Waals surface area contributed by atoms with Crippen molar-refractivity contribution in [2.45, 2.75) is 37.9 Å². The van der Waals surface area contributed by atoms with Crippen molar-refractivity contribution in [3.05, 3.63) is 72.7 Å². The van der Waals surface area contributed by atoms with Gasteiger partial charge in [0.15, 0.2) is 24.9 Å². The summed E-state index contributed by atoms with van der Waals surface area (Å²) in [5.74, 6) is 1.19. The maximum Gasteiger partial charge on any atom is 0.194 e. The van der Waals surface area contributed by atoms with E-state index in [-0.39, 0.29) is 18.9 Å². The minimum absolute atomic E-state index is 0.0304. The summed E-state index contributed by atoms with van der Waals surface area (Å²) in [6.45, 7) is 2.24. The SMILES string of the molecule is C[C@@H]1C[C@H](N(C)C)[C@@H](OC2=C/C=C\C=C/C3=NCO/C3=C/O/C=C/C=C\2)C(O)O1. The lowest BCUT2D eigenvalue weighted by molar-refractivity contribution is -0.233. The first-order valence-corrected chi connectivity index (χ1v) is 9.62. The van der Waals surface area contributed by atoms with E-state index in [0.717, 1.165) is 12.1 Å². The molecule has 3 aliphatic heterocycles. The summed E-state index contributed by atoms with van der Waals surface area (Å²) >= 11 is 0. The summed E-state index contributed by atoms with van der Waals surface area (Å²) in [5, 5.41) is 10.4. The van der Waals surface area contributed by atoms with Crippen molar-refractivity contribution in [3.8, 4) is 0 Å². The van der Waals surface area contributed by atoms with Crippen LogP contribution in [0, 0.1) is 0 Å². The molecule has 0 amide bonds. The van der Waals surface area contributed by atoms with E-state index in [0.29, 0.717) is 11.5 Å². The summed E-state index contributed by atoms with van der Waals surface area (Å²) in [6.07, 6.45) is 16.9. The van der Waals surface area contributed by atoms with Crippen molar-refractivity contribution >= 4 is 5.71 Å². The molecule has 0 radical (unpaired) electrons. The van der Waals surface area contributed by atoms with Gasteiger partial charge in [0.1, 0.15) is 17.7 Å². The Hall–Kier alpha value is -2.61. The van der Waals surface area contributed by atoms with Gasteiger partial charge in [-0.2, -0.15) is 0 Å². The average molecular weight is 400 g/mol. The van der Waals surface area contributed by atoms with Gasteiger partial charge in [-0.15, -0.1) is 0 Å². The fraction of sp³-hybridized carbons (Fsp3) is 0.409. The van der Waals surface area contributed by atoms with Crippen molar-refractivity contribution in [3.63, 3.8) is 0 Å². The zero-order chi connectivity index (χ0) is 20.6. The molecule has 0 aromatic rings. The summed E-state index contributed by atoms with van der Waals surface area (Å²) in [7, 11) is 3.96. The normalized spacial score (nSPS) is 37.9. The first kappa shape index (κ1) is 21.1. The van der Waals surface area contributed by atoms with Crippen LogP contribution in [0.2, 0.25) is 0 Å². The van der Waals surface area contributed by atoms with E-state index in [1.165, 1.54) is 12.5 Å². The van der Waals surface area contributed by atoms with Crippen LogP contribution in [0.25, 0.3) is 0 Å². The summed E-state index contributed by atoms with van der Waals surface area (Å²) in [4.78, 5) is 6.32. The Morgan fingerprint density at radius 2 is 1.97 bits per heavy atom. The molecule has 1 saturated heterocycles. The van der Waals surface area contributed by atoms with E-state index in [1.807, 2.05) is 57.5 Å². The zero-order valence-corrected chi connectivity index (χ0v) is 17.0. The lowest BCUT2D eigenvalue weighted by Crippen LogP contribution is -2.54. The van der Waals surface area contributed by atoms with E-state index in [4.69, 9.17) is 18.9 Å². The predicted octanol–water partition coefficient (Wildman–Crippen LogP) is 2.80. The van der Waals surface area contributed by atoms with Gasteiger partial charge in [-0.05, 0) is 51.7 Å². The molecule has 29 heavy (non-hydrogen) atoms. The van der Waals surface area contributed by atoms with E-state index in [2.05, 4.69) is 9.89 Å². The molecule has 0 aromatic heterocycles. The molecule has 3 heterocycles. The van der Waals surface area contributed by atoms with Crippen LogP contribution in [0.4, 0.5) is 0 Å². The molecule has 7 nitrogen and oxygen atoms in total. The van der Waals surface area contributed by atoms with Crippen molar-refractivity contribution in [2.75, 3.05) is 20.8 Å². The number of ether oxygens (including phenoxy) is 4. The molecule has 0 aromatic carbocycles. The lowest BCUT2D eigenvalue weighted by atomic mass is 9.99. The fourth-order valence-corrected chi connectivity index (χ4v) is 3.22. The molecule has 1 N–H and O–H groups in total. The smallest absolute Gasteiger partial charge is 0.194 e. The Morgan fingerprint density at radius 3 is 2.79 bits per heavy atom. The predicted molar refractivity (Wildman–Crippen MR) is 111 cm³/mol. The number of hydrogen-bond donors (Lipinski definition) is 1. The van der Waals surface area contributed by atoms with Crippen LogP contribution in [0.3, 0.4) is 0 Å². The molecule has 1 unspecified atom stereocenters. The number of likely N-dealkylation sites (N-methyl/N-ethyl adjacent to an activating group) is 1. The second-order valence-corrected chi connectivity index (χ2v) is 7.12. The maximum absolute atomic E-state index is 10.4. The number of aliphatic hydroxyl groups excluding tert-OH is 1. The van der Waals surface area contributed by atoms with Crippen LogP contribution < -0.4 is 0 Å². The largest absolute Gasteiger partial charge is 0.483 e. The maximum atomic E-state index is 10.4. The molecular formula is C22H28N2O5. The Labute approximate surface area is 171 Å². The highest BCUT2D eigenvalue weighted by Crippen LogP contribution is 2.26. The monoisotopic (exact) mass is 400 g/mol. The lowest BCUT2D eigenvalue weighted by Gasteiger charge is -2.41. The van der Waals surface area contributed by atoms with Gasteiger partial charge in [-0.3, -0.25) is 0 Å². The van der Waals surface area contributed by atoms with Gasteiger partial charge in [-0.25, -0.2) is 4.99 Å². The number of allylic oxidation sites excluding steroid dienone is 8. The molecule has 3 aliphatic rings. The minimum Gasteiger partial charge on any atom is -0.483 e. The van der Waals surface area contributed by atoms with Gasteiger partial charge in [0.25, 0.3) is 0 Å². The summed E-state index contributed by atoms with van der Waals surface area (Å²) in [5.41, 5.74) is 0.724. The second-order valence-electron chi connectivity index (χ2n) is 7.12. The molecule has 7 heteroatoms. The first-order chi connectivity index (χ1) is 14.0. The van der Waals surface area contributed by atoms with E-state index in [1.54, 1.807) is 12.2 Å². The average Bonchev–Trinajstić information content (AvgIpc) is 3.12. The molecule has 0 bridgehead atoms. The van der Waals surface area contributed by atoms with Crippen molar-refractivity contribution in [1.29, 1.82) is 0 Å². The van der Waals surface area contributed by atoms with Crippen LogP contribution in [-0.4, -0.2) is 61.1 Å². The van der Waals surface area contributed by atoms with E-state index in [9.17, 15) is 5.11 Å². The molecule has 156 valence electrons. The Bertz CT molecular complexity index is 776. The third kappa shape index (κ3) is 5.93. The van der Waals surface area contributed by atoms with Crippen molar-refractivity contribution < 1.29 is 24.1 Å². The van der Waals surface area contributed by atoms with Crippen LogP contribution in [0.5, 0.6) is 0 Å². The van der Waals surface area contributed by atoms with E-state index < -0.39 is 12.4 Å². The second kappa shape index (κ2) is 10.2. The number of rotatable bonds is 3. The van der Waals surface area contributed by atoms with Gasteiger partial charge >= 0.3 is 0 Å². The molecule has 4 atom stereocenters. The highest BCUT2D eigenvalue weighted by atomic mass is 16.6. The minimum atomic E-state index is -1.000. The zero-order valence-electron chi connectivity index (χ0n) is 17.0. The third-order valence-corrected chi connectivity index (χ3v) is 4.69.